The summed E-state index contributed by atoms with van der Waals surface area (Å²) in [6, 6.07) is 68.7. The number of nitrogen functional groups attached to an aromatic ring is 1. The number of halogens is 7. The van der Waals surface area contributed by atoms with Crippen LogP contribution in [0.3, 0.4) is 0 Å². The molecule has 0 aliphatic heterocycles. The fraction of sp³-hybridized carbons (Fsp3) is 0.133. The molecule has 0 saturated carbocycles. The van der Waals surface area contributed by atoms with Crippen LogP contribution in [0.4, 0.5) is 53.9 Å². The summed E-state index contributed by atoms with van der Waals surface area (Å²) in [4.78, 5) is 125. The van der Waals surface area contributed by atoms with Gasteiger partial charge in [0.05, 0.1) is 89.9 Å². The van der Waals surface area contributed by atoms with Gasteiger partial charge in [-0.15, -0.1) is 0 Å². The number of methoxy groups -OCH3 is 1. The Morgan fingerprint density at radius 3 is 1.23 bits per heavy atom. The van der Waals surface area contributed by atoms with Gasteiger partial charge < -0.3 is 31.4 Å². The molecule has 0 bridgehead atoms. The van der Waals surface area contributed by atoms with E-state index in [1.165, 1.54) is 74.2 Å². The number of fused-ring (bicyclic) bond motifs is 2. The molecule has 6 aromatic carbocycles. The SMILES string of the molecule is Brc1ccccn1.CC(C)C(=O)Cc1ccccn1.CC(N)c1nc2ccc(F)cc2c(-c2ccccn2)c1-c1ccccn1.CC(NC(=O)OC(C)(C)C)c1nc2ccc(F)cc2c(-c2ccccn2)c1-c1ccccn1.COc1cc(F)ccc1[N+](=O)[O-].Nc1ccc(F)cc1C(=O)c1ccccn1.O=C(c1ccccn1)c1cc(F)ccc1[N+](=O)[O-].O=[N+]([O-])c1ccc(F)cc1C(O)c1ccccn1.[Fe]. The third-order valence-electron chi connectivity index (χ3n) is 19.8. The van der Waals surface area contributed by atoms with E-state index in [1.54, 1.807) is 113 Å². The van der Waals surface area contributed by atoms with Crippen LogP contribution in [0.25, 0.3) is 66.8 Å². The third kappa shape index (κ3) is 31.8. The molecule has 3 unspecified atom stereocenters. The molecule has 1 amide bonds. The van der Waals surface area contributed by atoms with Gasteiger partial charge in [-0.3, -0.25) is 89.6 Å². The van der Waals surface area contributed by atoms with E-state index in [0.717, 1.165) is 93.5 Å². The predicted octanol–water partition coefficient (Wildman–Crippen LogP) is 22.6. The molecule has 0 radical (unpaired) electrons. The van der Waals surface area contributed by atoms with Crippen molar-refractivity contribution < 1.29 is 91.9 Å². The summed E-state index contributed by atoms with van der Waals surface area (Å²) in [5.41, 5.74) is 19.8. The van der Waals surface area contributed by atoms with Gasteiger partial charge >= 0.3 is 11.8 Å². The monoisotopic (exact) mass is 2050 g/mol. The van der Waals surface area contributed by atoms with E-state index in [1.807, 2.05) is 137 Å². The van der Waals surface area contributed by atoms with Gasteiger partial charge in [0, 0.05) is 160 Å². The van der Waals surface area contributed by atoms with Crippen molar-refractivity contribution in [1.82, 2.24) is 60.1 Å². The van der Waals surface area contributed by atoms with Crippen LogP contribution in [-0.4, -0.2) is 111 Å². The first kappa shape index (κ1) is 110. The molecule has 11 aromatic heterocycles. The van der Waals surface area contributed by atoms with Crippen LogP contribution in [0.5, 0.6) is 5.75 Å². The predicted molar refractivity (Wildman–Crippen MR) is 527 cm³/mol. The number of rotatable bonds is 20. The smallest absolute Gasteiger partial charge is 0.408 e. The number of carbonyl (C=O) groups excluding carboxylic acids is 4. The molecule has 6 N–H and O–H groups in total. The maximum Gasteiger partial charge on any atom is 0.408 e. The van der Waals surface area contributed by atoms with Crippen molar-refractivity contribution >= 4 is 83.9 Å². The number of nitro groups is 3. The molecule has 0 aliphatic rings. The van der Waals surface area contributed by atoms with Gasteiger partial charge in [-0.05, 0) is 245 Å². The van der Waals surface area contributed by atoms with Crippen LogP contribution in [0.15, 0.2) is 333 Å². The fourth-order valence-electron chi connectivity index (χ4n) is 13.3. The van der Waals surface area contributed by atoms with Crippen molar-refractivity contribution in [2.75, 3.05) is 12.8 Å². The van der Waals surface area contributed by atoms with Gasteiger partial charge in [0.1, 0.15) is 73.9 Å². The minimum Gasteiger partial charge on any atom is -0.490 e. The number of ether oxygens (including phenoxy) is 2. The second kappa shape index (κ2) is 53.3. The van der Waals surface area contributed by atoms with Crippen LogP contribution in [0, 0.1) is 71.2 Å². The fourth-order valence-corrected chi connectivity index (χ4v) is 13.6. The summed E-state index contributed by atoms with van der Waals surface area (Å²) >= 11 is 3.20. The average molecular weight is 2050 g/mol. The Labute approximate surface area is 834 Å². The van der Waals surface area contributed by atoms with E-state index in [2.05, 4.69) is 70.8 Å². The largest absolute Gasteiger partial charge is 0.490 e. The van der Waals surface area contributed by atoms with Gasteiger partial charge in [-0.25, -0.2) is 41.1 Å². The summed E-state index contributed by atoms with van der Waals surface area (Å²) in [5, 5.41) is 46.1. The summed E-state index contributed by atoms with van der Waals surface area (Å²) in [6.45, 7) is 12.9. The van der Waals surface area contributed by atoms with Crippen LogP contribution in [-0.2, 0) is 33.0 Å². The van der Waals surface area contributed by atoms with Crippen molar-refractivity contribution in [3.05, 3.63) is 449 Å². The van der Waals surface area contributed by atoms with E-state index in [4.69, 9.17) is 26.2 Å². The van der Waals surface area contributed by atoms with Gasteiger partial charge in [0.2, 0.25) is 11.6 Å². The van der Waals surface area contributed by atoms with E-state index in [0.29, 0.717) is 62.1 Å². The first-order valence-electron chi connectivity index (χ1n) is 43.1. The Morgan fingerprint density at radius 1 is 0.441 bits per heavy atom. The van der Waals surface area contributed by atoms with E-state index in [-0.39, 0.29) is 109 Å². The number of nitrogens with one attached hydrogen (secondary N) is 1. The second-order valence-corrected chi connectivity index (χ2v) is 32.3. The molecule has 38 heteroatoms. The summed E-state index contributed by atoms with van der Waals surface area (Å²) < 4.78 is 91.0. The minimum absolute atomic E-state index is 0. The molecule has 0 fully saturated rings. The number of pyridine rings is 11. The number of benzene rings is 6. The molecular formula is C105H90BrF6FeN17O13. The molecule has 17 rings (SSSR count). The average Bonchev–Trinajstić information content (AvgIpc) is 0.757. The quantitative estimate of drug-likeness (QED) is 0.0105. The second-order valence-electron chi connectivity index (χ2n) is 31.5. The van der Waals surface area contributed by atoms with Gasteiger partial charge in [0.25, 0.3) is 11.4 Å². The zero-order valence-electron chi connectivity index (χ0n) is 77.5. The van der Waals surface area contributed by atoms with Gasteiger partial charge in [-0.2, -0.15) is 0 Å². The molecule has 17 aromatic rings. The summed E-state index contributed by atoms with van der Waals surface area (Å²) in [6.07, 6.45) is 13.2. The molecule has 730 valence electrons. The molecular weight excluding hydrogens is 1960 g/mol. The number of nitro benzene ring substituents is 3. The van der Waals surface area contributed by atoms with Crippen molar-refractivity contribution in [2.24, 2.45) is 11.7 Å². The van der Waals surface area contributed by atoms with Crippen LogP contribution in [0.2, 0.25) is 0 Å². The number of hydrogen-bond acceptors (Lipinski definition) is 26. The number of Topliss-reactive ketones (excluding diaryl/α,β-unsaturated/α-hetero) is 1. The summed E-state index contributed by atoms with van der Waals surface area (Å²) in [7, 11) is 1.25. The minimum atomic E-state index is -1.33. The number of nitrogens with zero attached hydrogens (tertiary/aromatic N) is 14. The molecule has 3 atom stereocenters. The van der Waals surface area contributed by atoms with Crippen LogP contribution >= 0.6 is 15.9 Å². The Bertz CT molecular complexity index is 7200. The zero-order chi connectivity index (χ0) is 103. The number of alkyl carbamates (subject to hydrolysis) is 1. The molecule has 0 spiro atoms. The van der Waals surface area contributed by atoms with Gasteiger partial charge in [-0.1, -0.05) is 68.4 Å². The number of ketones is 3. The molecule has 0 aliphatic carbocycles. The number of nitrogens with two attached hydrogens (primary N) is 2. The Balaban J connectivity index is 0.000000188. The van der Waals surface area contributed by atoms with Crippen molar-refractivity contribution in [3.8, 4) is 50.8 Å². The number of aromatic nitrogens is 11. The van der Waals surface area contributed by atoms with Crippen LogP contribution in [0.1, 0.15) is 127 Å². The van der Waals surface area contributed by atoms with E-state index < -0.39 is 73.3 Å². The van der Waals surface area contributed by atoms with Crippen molar-refractivity contribution in [1.29, 1.82) is 0 Å². The normalized spacial score (nSPS) is 11.1. The molecule has 143 heavy (non-hydrogen) atoms. The number of anilines is 1. The van der Waals surface area contributed by atoms with E-state index in [9.17, 15) is 81.0 Å². The number of amides is 1. The Hall–Kier alpha value is -16.9. The molecule has 30 nitrogen and oxygen atoms in total. The maximum absolute atomic E-state index is 14.3. The topological polar surface area (TPSA) is 442 Å². The first-order chi connectivity index (χ1) is 68.0. The van der Waals surface area contributed by atoms with Crippen LogP contribution < -0.4 is 21.5 Å². The maximum atomic E-state index is 14.3. The first-order valence-corrected chi connectivity index (χ1v) is 43.9. The number of aliphatic hydroxyl groups excluding tert-OH is 1. The standard InChI is InChI=1S/C26H25FN4O2.C21H17FN4.C12H9FN2O3.C12H7FN2O3.C12H9FN2O.C10H13NO.C7H6FNO3.C5H4BrN.Fe/c1-16(30-25(32)33-26(2,3)4)24-23(21-10-6-8-14-29-21)22(20-9-5-7-13-28-20)18-15-17(27)11-12-19(18)31-24;1-13(23)21-20(18-7-3-5-11-25-18)19(17-6-2-4-10-24-17)15-12-14(22)8-9-16(15)26-21;2*13-8-4-5-11(15(17)18)9(7-8)12(16)10-3-1-2-6-14-10;13-8-4-5-10(14)9(7-8)12(16)11-3-1-2-6-15-11;1-8(2)10(12)7-9-5-3-4-6-11-9;1-12-7-4-5(8)2-3-6(7)9(10)11;6-5-3-1-2-4-7-5;/h5-16H,1-4H3,(H,30,32);2-13H,23H2,1H3;1-7,12,16H;1-7H;1-7H,14H2;3-6,8H,7H2,1-2H3;2-4H,1H3;1-4H;. The molecule has 11 heterocycles. The third-order valence-corrected chi connectivity index (χ3v) is 20.3. The van der Waals surface area contributed by atoms with Crippen molar-refractivity contribution in [3.63, 3.8) is 0 Å². The number of hydrogen-bond donors (Lipinski definition) is 4. The van der Waals surface area contributed by atoms with Crippen molar-refractivity contribution in [2.45, 2.75) is 78.7 Å². The van der Waals surface area contributed by atoms with Gasteiger partial charge in [0.15, 0.2) is 5.75 Å². The molecule has 0 saturated heterocycles. The zero-order valence-corrected chi connectivity index (χ0v) is 80.1. The number of aliphatic hydroxyl groups is 1. The Kier molecular flexibility index (Phi) is 40.9. The Morgan fingerprint density at radius 2 is 0.825 bits per heavy atom. The van der Waals surface area contributed by atoms with E-state index >= 15 is 0 Å². The summed E-state index contributed by atoms with van der Waals surface area (Å²) in [5.74, 6) is -3.88. The number of carbonyl (C=O) groups is 4.